The average Bonchev–Trinajstić information content (AvgIpc) is 3.79. The molecule has 0 bridgehead atoms. The Morgan fingerprint density at radius 2 is 1.13 bits per heavy atom. The lowest BCUT2D eigenvalue weighted by molar-refractivity contribution is 0.653. The summed E-state index contributed by atoms with van der Waals surface area (Å²) in [5.74, 6) is 0.610. The number of nitrogens with zero attached hydrogens (tertiary/aromatic N) is 3. The molecule has 0 spiro atoms. The Hall–Kier alpha value is -6.87. The molecule has 7 aromatic carbocycles. The number of fused-ring (bicyclic) bond motifs is 6. The maximum absolute atomic E-state index is 7.49. The topological polar surface area (TPSA) is 43.3 Å². The normalized spacial score (nSPS) is 11.4. The molecule has 52 heavy (non-hydrogen) atoms. The molecule has 0 saturated carbocycles. The van der Waals surface area contributed by atoms with Gasteiger partial charge < -0.3 is 4.42 Å². The fourth-order valence-corrected chi connectivity index (χ4v) is 8.44. The molecule has 0 radical (unpaired) electrons. The van der Waals surface area contributed by atoms with E-state index < -0.39 is 0 Å². The fourth-order valence-electron chi connectivity index (χ4n) is 7.23. The van der Waals surface area contributed by atoms with Crippen LogP contribution in [0.5, 0.6) is 0 Å². The van der Waals surface area contributed by atoms with Crippen LogP contribution in [0.1, 0.15) is 0 Å². The monoisotopic (exact) mass is 681 g/mol. The van der Waals surface area contributed by atoms with Crippen molar-refractivity contribution in [3.05, 3.63) is 175 Å². The Labute approximate surface area is 303 Å². The number of hydrogen-bond acceptors (Lipinski definition) is 4. The van der Waals surface area contributed by atoms with Gasteiger partial charge in [0.1, 0.15) is 5.58 Å². The van der Waals surface area contributed by atoms with Crippen LogP contribution in [0.25, 0.3) is 103 Å². The first-order valence-electron chi connectivity index (χ1n) is 17.1. The van der Waals surface area contributed by atoms with Crippen molar-refractivity contribution in [1.82, 2.24) is 9.97 Å². The van der Waals surface area contributed by atoms with Gasteiger partial charge in [0, 0.05) is 25.9 Å². The van der Waals surface area contributed by atoms with Crippen LogP contribution in [0, 0.1) is 6.57 Å². The van der Waals surface area contributed by atoms with Gasteiger partial charge in [-0.2, -0.15) is 4.98 Å². The van der Waals surface area contributed by atoms with Gasteiger partial charge in [-0.1, -0.05) is 133 Å². The van der Waals surface area contributed by atoms with Crippen molar-refractivity contribution in [2.24, 2.45) is 0 Å². The second-order valence-corrected chi connectivity index (χ2v) is 13.9. The number of aromatic nitrogens is 2. The highest BCUT2D eigenvalue weighted by Gasteiger charge is 2.19. The molecule has 0 saturated heterocycles. The van der Waals surface area contributed by atoms with Crippen molar-refractivity contribution >= 4 is 59.3 Å². The maximum Gasteiger partial charge on any atom is 0.231 e. The highest BCUT2D eigenvalue weighted by molar-refractivity contribution is 7.26. The standard InChI is InChI=1S/C47H27N3OS/c1-48-36-23-24-42-40(28-36)38-21-10-20-37(45(38)52-42)33-16-7-14-31(25-33)32-15-9-18-35(27-32)46-49-44(43-39-19-5-6-22-41(39)51-47(43)50-46)34-17-8-13-30(26-34)29-11-3-2-4-12-29/h2-28H. The molecule has 4 nitrogen and oxygen atoms in total. The number of rotatable bonds is 5. The summed E-state index contributed by atoms with van der Waals surface area (Å²) in [7, 11) is 0. The van der Waals surface area contributed by atoms with Gasteiger partial charge in [-0.3, -0.25) is 0 Å². The lowest BCUT2D eigenvalue weighted by atomic mass is 9.97. The minimum Gasteiger partial charge on any atom is -0.438 e. The number of furan rings is 1. The van der Waals surface area contributed by atoms with Gasteiger partial charge in [-0.05, 0) is 74.5 Å². The van der Waals surface area contributed by atoms with E-state index in [0.717, 1.165) is 66.4 Å². The van der Waals surface area contributed by atoms with Crippen LogP contribution in [0.15, 0.2) is 168 Å². The summed E-state index contributed by atoms with van der Waals surface area (Å²) in [6.07, 6.45) is 0. The Bertz CT molecular complexity index is 3040. The van der Waals surface area contributed by atoms with E-state index in [1.165, 1.54) is 20.3 Å². The predicted octanol–water partition coefficient (Wildman–Crippen LogP) is 13.6. The molecule has 0 aliphatic carbocycles. The zero-order valence-corrected chi connectivity index (χ0v) is 28.6. The van der Waals surface area contributed by atoms with Crippen LogP contribution in [-0.4, -0.2) is 9.97 Å². The van der Waals surface area contributed by atoms with Crippen molar-refractivity contribution in [2.75, 3.05) is 0 Å². The van der Waals surface area contributed by atoms with Crippen LogP contribution in [-0.2, 0) is 0 Å². The van der Waals surface area contributed by atoms with Crippen molar-refractivity contribution < 1.29 is 4.42 Å². The smallest absolute Gasteiger partial charge is 0.231 e. The first kappa shape index (κ1) is 30.0. The molecule has 3 aromatic heterocycles. The number of thiophene rings is 1. The molecular weight excluding hydrogens is 655 g/mol. The summed E-state index contributed by atoms with van der Waals surface area (Å²) < 4.78 is 8.79. The molecule has 0 unspecified atom stereocenters. The predicted molar refractivity (Wildman–Crippen MR) is 216 cm³/mol. The second-order valence-electron chi connectivity index (χ2n) is 12.9. The molecule has 10 rings (SSSR count). The molecule has 10 aromatic rings. The van der Waals surface area contributed by atoms with Gasteiger partial charge in [0.15, 0.2) is 11.5 Å². The molecule has 0 atom stereocenters. The lowest BCUT2D eigenvalue weighted by Crippen LogP contribution is -1.94. The van der Waals surface area contributed by atoms with Crippen molar-refractivity contribution in [3.8, 4) is 56.0 Å². The molecule has 3 heterocycles. The Morgan fingerprint density at radius 1 is 0.500 bits per heavy atom. The van der Waals surface area contributed by atoms with E-state index in [4.69, 9.17) is 21.0 Å². The van der Waals surface area contributed by atoms with Crippen molar-refractivity contribution in [3.63, 3.8) is 0 Å². The van der Waals surface area contributed by atoms with Crippen molar-refractivity contribution in [2.45, 2.75) is 0 Å². The van der Waals surface area contributed by atoms with Crippen molar-refractivity contribution in [1.29, 1.82) is 0 Å². The third-order valence-corrected chi connectivity index (χ3v) is 10.9. The van der Waals surface area contributed by atoms with E-state index in [1.807, 2.05) is 36.4 Å². The van der Waals surface area contributed by atoms with E-state index in [0.29, 0.717) is 17.2 Å². The minimum absolute atomic E-state index is 0.568. The zero-order chi connectivity index (χ0) is 34.6. The molecule has 0 aliphatic rings. The summed E-state index contributed by atoms with van der Waals surface area (Å²) in [4.78, 5) is 14.0. The van der Waals surface area contributed by atoms with Crippen LogP contribution in [0.4, 0.5) is 5.69 Å². The molecule has 0 fully saturated rings. The van der Waals surface area contributed by atoms with E-state index >= 15 is 0 Å². The second kappa shape index (κ2) is 12.2. The van der Waals surface area contributed by atoms with Gasteiger partial charge in [0.2, 0.25) is 5.71 Å². The van der Waals surface area contributed by atoms with Crippen LogP contribution >= 0.6 is 11.3 Å². The van der Waals surface area contributed by atoms with Gasteiger partial charge in [-0.15, -0.1) is 11.3 Å². The summed E-state index contributed by atoms with van der Waals surface area (Å²) >= 11 is 1.78. The van der Waals surface area contributed by atoms with Gasteiger partial charge >= 0.3 is 0 Å². The lowest BCUT2D eigenvalue weighted by Gasteiger charge is -2.11. The van der Waals surface area contributed by atoms with Crippen LogP contribution < -0.4 is 0 Å². The molecule has 0 aliphatic heterocycles. The SMILES string of the molecule is [C-]#[N+]c1ccc2sc3c(-c4cccc(-c5cccc(-c6nc(-c7cccc(-c8ccccc8)c7)c7c(n6)oc6ccccc67)c5)c4)cccc3c2c1. The summed E-state index contributed by atoms with van der Waals surface area (Å²) in [5.41, 5.74) is 11.6. The van der Waals surface area contributed by atoms with Crippen LogP contribution in [0.3, 0.4) is 0 Å². The highest BCUT2D eigenvalue weighted by atomic mass is 32.1. The Kier molecular flexibility index (Phi) is 7.02. The van der Waals surface area contributed by atoms with E-state index in [1.54, 1.807) is 11.3 Å². The Morgan fingerprint density at radius 3 is 1.96 bits per heavy atom. The van der Waals surface area contributed by atoms with Crippen LogP contribution in [0.2, 0.25) is 0 Å². The third kappa shape index (κ3) is 5.05. The Balaban J connectivity index is 1.09. The molecular formula is C47H27N3OS. The molecule has 0 amide bonds. The highest BCUT2D eigenvalue weighted by Crippen LogP contribution is 2.42. The first-order valence-corrected chi connectivity index (χ1v) is 17.9. The fraction of sp³-hybridized carbons (Fsp3) is 0. The van der Waals surface area contributed by atoms with Gasteiger partial charge in [-0.25, -0.2) is 9.83 Å². The molecule has 242 valence electrons. The quantitative estimate of drug-likeness (QED) is 0.170. The molecule has 5 heteroatoms. The summed E-state index contributed by atoms with van der Waals surface area (Å²) in [6.45, 7) is 7.49. The first-order chi connectivity index (χ1) is 25.7. The molecule has 0 N–H and O–H groups in total. The van der Waals surface area contributed by atoms with E-state index in [2.05, 4.69) is 132 Å². The minimum atomic E-state index is 0.568. The van der Waals surface area contributed by atoms with E-state index in [9.17, 15) is 0 Å². The van der Waals surface area contributed by atoms with E-state index in [-0.39, 0.29) is 0 Å². The van der Waals surface area contributed by atoms with Gasteiger partial charge in [0.05, 0.1) is 17.7 Å². The zero-order valence-electron chi connectivity index (χ0n) is 27.7. The number of para-hydroxylation sites is 1. The number of hydrogen-bond donors (Lipinski definition) is 0. The summed E-state index contributed by atoms with van der Waals surface area (Å²) in [6, 6.07) is 56.6. The largest absolute Gasteiger partial charge is 0.438 e. The average molecular weight is 682 g/mol. The van der Waals surface area contributed by atoms with Gasteiger partial charge in [0.25, 0.3) is 0 Å². The number of benzene rings is 7. The third-order valence-electron chi connectivity index (χ3n) is 9.72. The summed E-state index contributed by atoms with van der Waals surface area (Å²) in [5, 5.41) is 4.22. The maximum atomic E-state index is 7.49.